The molecular formula is C11H20ClN3O. The molecule has 0 aromatic carbocycles. The molecular weight excluding hydrogens is 226 g/mol. The number of nitrogens with one attached hydrogen (secondary N) is 1. The maximum absolute atomic E-state index is 12.0. The van der Waals surface area contributed by atoms with Crippen LogP contribution >= 0.6 is 12.4 Å². The van der Waals surface area contributed by atoms with Crippen LogP contribution in [0.15, 0.2) is 0 Å². The van der Waals surface area contributed by atoms with E-state index in [1.807, 2.05) is 0 Å². The Balaban J connectivity index is 0.000000963. The van der Waals surface area contributed by atoms with Gasteiger partial charge in [0.2, 0.25) is 5.91 Å². The predicted molar refractivity (Wildman–Crippen MR) is 64.8 cm³/mol. The molecule has 1 atom stereocenters. The van der Waals surface area contributed by atoms with Gasteiger partial charge in [-0.3, -0.25) is 9.69 Å². The first kappa shape index (κ1) is 12.1. The average Bonchev–Trinajstić information content (AvgIpc) is 2.61. The highest BCUT2D eigenvalue weighted by atomic mass is 35.5. The Kier molecular flexibility index (Phi) is 3.72. The summed E-state index contributed by atoms with van der Waals surface area (Å²) in [6.07, 6.45) is 2.60. The zero-order valence-electron chi connectivity index (χ0n) is 9.52. The minimum Gasteiger partial charge on any atom is -0.340 e. The van der Waals surface area contributed by atoms with Crippen LogP contribution < -0.4 is 5.32 Å². The van der Waals surface area contributed by atoms with Gasteiger partial charge in [-0.1, -0.05) is 0 Å². The number of hydrogen-bond acceptors (Lipinski definition) is 3. The topological polar surface area (TPSA) is 35.6 Å². The monoisotopic (exact) mass is 245 g/mol. The normalized spacial score (nSPS) is 30.5. The van der Waals surface area contributed by atoms with Gasteiger partial charge in [-0.15, -0.1) is 12.4 Å². The minimum absolute atomic E-state index is 0. The summed E-state index contributed by atoms with van der Waals surface area (Å²) in [6.45, 7) is 6.06. The maximum atomic E-state index is 12.0. The molecule has 5 heteroatoms. The molecule has 0 aromatic rings. The van der Waals surface area contributed by atoms with E-state index in [-0.39, 0.29) is 18.3 Å². The summed E-state index contributed by atoms with van der Waals surface area (Å²) < 4.78 is 0. The van der Waals surface area contributed by atoms with Crippen LogP contribution in [0.25, 0.3) is 0 Å². The van der Waals surface area contributed by atoms with Gasteiger partial charge in [0.05, 0.1) is 5.92 Å². The molecule has 0 radical (unpaired) electrons. The third-order valence-corrected chi connectivity index (χ3v) is 4.03. The lowest BCUT2D eigenvalue weighted by Crippen LogP contribution is -2.58. The van der Waals surface area contributed by atoms with Crippen LogP contribution in [-0.2, 0) is 4.79 Å². The fraction of sp³-hybridized carbons (Fsp3) is 0.909. The van der Waals surface area contributed by atoms with Gasteiger partial charge in [0.15, 0.2) is 0 Å². The molecule has 3 aliphatic heterocycles. The third kappa shape index (κ3) is 2.06. The summed E-state index contributed by atoms with van der Waals surface area (Å²) >= 11 is 0. The molecule has 0 bridgehead atoms. The number of halogens is 1. The number of carbonyl (C=O) groups excluding carboxylic acids is 1. The standard InChI is InChI=1S/C11H19N3O.ClH/c15-11(9-6-12-7-9)14-5-4-13-3-1-2-10(13)8-14;/h9-10,12H,1-8H2;1H. The van der Waals surface area contributed by atoms with Crippen molar-refractivity contribution in [2.24, 2.45) is 5.92 Å². The van der Waals surface area contributed by atoms with Gasteiger partial charge in [0, 0.05) is 38.8 Å². The highest BCUT2D eigenvalue weighted by Crippen LogP contribution is 2.22. The average molecular weight is 246 g/mol. The van der Waals surface area contributed by atoms with Gasteiger partial charge in [-0.2, -0.15) is 0 Å². The Morgan fingerprint density at radius 3 is 2.69 bits per heavy atom. The highest BCUT2D eigenvalue weighted by molar-refractivity contribution is 5.85. The summed E-state index contributed by atoms with van der Waals surface area (Å²) in [5.41, 5.74) is 0. The van der Waals surface area contributed by atoms with Gasteiger partial charge in [-0.05, 0) is 19.4 Å². The van der Waals surface area contributed by atoms with Crippen molar-refractivity contribution < 1.29 is 4.79 Å². The molecule has 3 fully saturated rings. The van der Waals surface area contributed by atoms with E-state index < -0.39 is 0 Å². The van der Waals surface area contributed by atoms with Gasteiger partial charge in [0.1, 0.15) is 0 Å². The molecule has 4 nitrogen and oxygen atoms in total. The maximum Gasteiger partial charge on any atom is 0.228 e. The van der Waals surface area contributed by atoms with Crippen LogP contribution in [0.1, 0.15) is 12.8 Å². The fourth-order valence-corrected chi connectivity index (χ4v) is 2.91. The Labute approximate surface area is 103 Å². The lowest BCUT2D eigenvalue weighted by Gasteiger charge is -2.40. The second kappa shape index (κ2) is 4.90. The largest absolute Gasteiger partial charge is 0.340 e. The lowest BCUT2D eigenvalue weighted by molar-refractivity contribution is -0.139. The zero-order valence-corrected chi connectivity index (χ0v) is 10.3. The lowest BCUT2D eigenvalue weighted by atomic mass is 10.0. The number of nitrogens with zero attached hydrogens (tertiary/aromatic N) is 2. The van der Waals surface area contributed by atoms with Crippen LogP contribution in [0, 0.1) is 5.92 Å². The SMILES string of the molecule is Cl.O=C(C1CNC1)N1CCN2CCCC2C1. The number of carbonyl (C=O) groups is 1. The van der Waals surface area contributed by atoms with Crippen LogP contribution in [0.2, 0.25) is 0 Å². The number of amides is 1. The van der Waals surface area contributed by atoms with E-state index >= 15 is 0 Å². The second-order valence-corrected chi connectivity index (χ2v) is 4.97. The molecule has 16 heavy (non-hydrogen) atoms. The minimum atomic E-state index is 0. The Hall–Kier alpha value is -0.320. The molecule has 1 unspecified atom stereocenters. The molecule has 3 saturated heterocycles. The Morgan fingerprint density at radius 1 is 1.19 bits per heavy atom. The summed E-state index contributed by atoms with van der Waals surface area (Å²) in [6, 6.07) is 0.663. The molecule has 3 aliphatic rings. The van der Waals surface area contributed by atoms with Crippen molar-refractivity contribution in [3.05, 3.63) is 0 Å². The molecule has 0 aliphatic carbocycles. The predicted octanol–water partition coefficient (Wildman–Crippen LogP) is -0.0658. The van der Waals surface area contributed by atoms with E-state index in [9.17, 15) is 4.79 Å². The van der Waals surface area contributed by atoms with Gasteiger partial charge < -0.3 is 10.2 Å². The van der Waals surface area contributed by atoms with Crippen molar-refractivity contribution in [1.29, 1.82) is 0 Å². The van der Waals surface area contributed by atoms with Gasteiger partial charge in [-0.25, -0.2) is 0 Å². The summed E-state index contributed by atoms with van der Waals surface area (Å²) in [4.78, 5) is 16.7. The smallest absolute Gasteiger partial charge is 0.228 e. The summed E-state index contributed by atoms with van der Waals surface area (Å²) in [5, 5.41) is 3.17. The number of rotatable bonds is 1. The summed E-state index contributed by atoms with van der Waals surface area (Å²) in [7, 11) is 0. The van der Waals surface area contributed by atoms with Crippen molar-refractivity contribution >= 4 is 18.3 Å². The number of hydrogen-bond donors (Lipinski definition) is 1. The molecule has 1 N–H and O–H groups in total. The quantitative estimate of drug-likeness (QED) is 0.703. The molecule has 0 spiro atoms. The van der Waals surface area contributed by atoms with E-state index in [1.54, 1.807) is 0 Å². The first-order chi connectivity index (χ1) is 7.34. The van der Waals surface area contributed by atoms with E-state index in [0.717, 1.165) is 32.7 Å². The van der Waals surface area contributed by atoms with Crippen LogP contribution in [0.4, 0.5) is 0 Å². The Morgan fingerprint density at radius 2 is 2.00 bits per heavy atom. The molecule has 0 aromatic heterocycles. The van der Waals surface area contributed by atoms with Crippen LogP contribution in [0.5, 0.6) is 0 Å². The van der Waals surface area contributed by atoms with Crippen LogP contribution in [-0.4, -0.2) is 61.0 Å². The molecule has 3 rings (SSSR count). The number of piperazine rings is 1. The van der Waals surface area contributed by atoms with Crippen LogP contribution in [0.3, 0.4) is 0 Å². The first-order valence-electron chi connectivity index (χ1n) is 6.08. The van der Waals surface area contributed by atoms with Gasteiger partial charge >= 0.3 is 0 Å². The van der Waals surface area contributed by atoms with E-state index in [4.69, 9.17) is 0 Å². The molecule has 3 heterocycles. The first-order valence-corrected chi connectivity index (χ1v) is 6.08. The molecule has 0 saturated carbocycles. The van der Waals surface area contributed by atoms with Crippen molar-refractivity contribution in [3.8, 4) is 0 Å². The van der Waals surface area contributed by atoms with E-state index in [1.165, 1.54) is 19.4 Å². The van der Waals surface area contributed by atoms with Crippen molar-refractivity contribution in [1.82, 2.24) is 15.1 Å². The van der Waals surface area contributed by atoms with Crippen molar-refractivity contribution in [2.75, 3.05) is 39.3 Å². The van der Waals surface area contributed by atoms with Crippen molar-refractivity contribution in [2.45, 2.75) is 18.9 Å². The van der Waals surface area contributed by atoms with Crippen molar-refractivity contribution in [3.63, 3.8) is 0 Å². The number of fused-ring (bicyclic) bond motifs is 1. The van der Waals surface area contributed by atoms with Gasteiger partial charge in [0.25, 0.3) is 0 Å². The second-order valence-electron chi connectivity index (χ2n) is 4.97. The molecule has 92 valence electrons. The summed E-state index contributed by atoms with van der Waals surface area (Å²) in [5.74, 6) is 0.665. The van der Waals surface area contributed by atoms with E-state index in [2.05, 4.69) is 15.1 Å². The fourth-order valence-electron chi connectivity index (χ4n) is 2.91. The third-order valence-electron chi connectivity index (χ3n) is 4.03. The Bertz CT molecular complexity index is 270. The molecule has 1 amide bonds. The zero-order chi connectivity index (χ0) is 10.3. The van der Waals surface area contributed by atoms with E-state index in [0.29, 0.717) is 11.9 Å². The highest BCUT2D eigenvalue weighted by Gasteiger charge is 2.36.